The molecule has 0 spiro atoms. The van der Waals surface area contributed by atoms with Gasteiger partial charge in [0.05, 0.1) is 23.3 Å². The van der Waals surface area contributed by atoms with Crippen LogP contribution in [0.25, 0.3) is 0 Å². The van der Waals surface area contributed by atoms with Gasteiger partial charge in [-0.1, -0.05) is 13.3 Å². The molecule has 6 heteroatoms. The predicted molar refractivity (Wildman–Crippen MR) is 73.9 cm³/mol. The summed E-state index contributed by atoms with van der Waals surface area (Å²) in [6.07, 6.45) is 3.32. The van der Waals surface area contributed by atoms with Gasteiger partial charge in [-0.2, -0.15) is 5.10 Å². The number of aromatic amines is 1. The Kier molecular flexibility index (Phi) is 3.79. The Labute approximate surface area is 111 Å². The number of carbonyl (C=O) groups is 1. The summed E-state index contributed by atoms with van der Waals surface area (Å²) < 4.78 is 0. The molecule has 2 aromatic rings. The first kappa shape index (κ1) is 13.1. The van der Waals surface area contributed by atoms with Crippen LogP contribution in [0.1, 0.15) is 35.2 Å². The Morgan fingerprint density at radius 1 is 1.47 bits per heavy atom. The number of amides is 1. The molecule has 0 bridgehead atoms. The third-order valence-corrected chi connectivity index (χ3v) is 2.77. The zero-order valence-corrected chi connectivity index (χ0v) is 11.0. The highest BCUT2D eigenvalue weighted by Gasteiger charge is 2.16. The van der Waals surface area contributed by atoms with Crippen molar-refractivity contribution in [2.75, 3.05) is 11.1 Å². The van der Waals surface area contributed by atoms with Gasteiger partial charge in [0.1, 0.15) is 0 Å². The molecule has 6 nitrogen and oxygen atoms in total. The Morgan fingerprint density at radius 2 is 2.26 bits per heavy atom. The first-order chi connectivity index (χ1) is 9.11. The van der Waals surface area contributed by atoms with Crippen molar-refractivity contribution >= 4 is 17.3 Å². The summed E-state index contributed by atoms with van der Waals surface area (Å²) in [5.74, 6) is -0.332. The number of aromatic nitrogens is 3. The smallest absolute Gasteiger partial charge is 0.278 e. The van der Waals surface area contributed by atoms with Crippen LogP contribution in [0.3, 0.4) is 0 Å². The molecule has 1 amide bonds. The molecule has 0 saturated heterocycles. The second-order valence-corrected chi connectivity index (χ2v) is 4.36. The van der Waals surface area contributed by atoms with Crippen LogP contribution in [0.4, 0.5) is 11.4 Å². The molecule has 2 heterocycles. The SMILES string of the molecule is CCCc1[nH]nc(C(=O)Nc2ccc(C)nc2)c1N. The number of rotatable bonds is 4. The van der Waals surface area contributed by atoms with Gasteiger partial charge in [0.15, 0.2) is 5.69 Å². The summed E-state index contributed by atoms with van der Waals surface area (Å²) in [7, 11) is 0. The normalized spacial score (nSPS) is 10.4. The van der Waals surface area contributed by atoms with Crippen LogP contribution < -0.4 is 11.1 Å². The van der Waals surface area contributed by atoms with Gasteiger partial charge in [-0.25, -0.2) is 0 Å². The van der Waals surface area contributed by atoms with Crippen LogP contribution in [-0.4, -0.2) is 21.1 Å². The van der Waals surface area contributed by atoms with Crippen molar-refractivity contribution in [3.05, 3.63) is 35.4 Å². The number of H-pyrrole nitrogens is 1. The number of nitrogens with zero attached hydrogens (tertiary/aromatic N) is 2. The Hall–Kier alpha value is -2.37. The van der Waals surface area contributed by atoms with E-state index in [0.29, 0.717) is 11.4 Å². The molecule has 2 aromatic heterocycles. The van der Waals surface area contributed by atoms with E-state index in [1.54, 1.807) is 12.3 Å². The lowest BCUT2D eigenvalue weighted by Gasteiger charge is -2.03. The molecule has 0 unspecified atom stereocenters. The third kappa shape index (κ3) is 2.90. The highest BCUT2D eigenvalue weighted by Crippen LogP contribution is 2.17. The fraction of sp³-hybridized carbons (Fsp3) is 0.308. The fourth-order valence-corrected chi connectivity index (χ4v) is 1.73. The van der Waals surface area contributed by atoms with Crippen molar-refractivity contribution < 1.29 is 4.79 Å². The molecular formula is C13H17N5O. The van der Waals surface area contributed by atoms with Crippen molar-refractivity contribution in [2.24, 2.45) is 0 Å². The van der Waals surface area contributed by atoms with Gasteiger partial charge in [0, 0.05) is 5.69 Å². The minimum absolute atomic E-state index is 0.226. The second kappa shape index (κ2) is 5.51. The lowest BCUT2D eigenvalue weighted by atomic mass is 10.2. The fourth-order valence-electron chi connectivity index (χ4n) is 1.73. The lowest BCUT2D eigenvalue weighted by Crippen LogP contribution is -2.14. The number of nitrogen functional groups attached to an aromatic ring is 1. The van der Waals surface area contributed by atoms with Gasteiger partial charge in [-0.3, -0.25) is 14.9 Å². The number of nitrogens with two attached hydrogens (primary N) is 1. The second-order valence-electron chi connectivity index (χ2n) is 4.36. The van der Waals surface area contributed by atoms with E-state index in [4.69, 9.17) is 5.73 Å². The van der Waals surface area contributed by atoms with Crippen molar-refractivity contribution in [1.29, 1.82) is 0 Å². The number of aryl methyl sites for hydroxylation is 2. The summed E-state index contributed by atoms with van der Waals surface area (Å²) in [6, 6.07) is 3.61. The average Bonchev–Trinajstić information content (AvgIpc) is 2.75. The average molecular weight is 259 g/mol. The minimum Gasteiger partial charge on any atom is -0.395 e. The highest BCUT2D eigenvalue weighted by molar-refractivity contribution is 6.06. The Bertz CT molecular complexity index is 573. The number of pyridine rings is 1. The summed E-state index contributed by atoms with van der Waals surface area (Å²) in [5.41, 5.74) is 8.85. The number of carbonyl (C=O) groups excluding carboxylic acids is 1. The number of anilines is 2. The molecule has 19 heavy (non-hydrogen) atoms. The molecule has 0 saturated carbocycles. The van der Waals surface area contributed by atoms with E-state index in [0.717, 1.165) is 24.2 Å². The van der Waals surface area contributed by atoms with Crippen LogP contribution in [0.5, 0.6) is 0 Å². The first-order valence-electron chi connectivity index (χ1n) is 6.18. The quantitative estimate of drug-likeness (QED) is 0.781. The maximum absolute atomic E-state index is 12.0. The molecular weight excluding hydrogens is 242 g/mol. The van der Waals surface area contributed by atoms with E-state index in [-0.39, 0.29) is 11.6 Å². The van der Waals surface area contributed by atoms with Gasteiger partial charge in [0.2, 0.25) is 0 Å². The predicted octanol–water partition coefficient (Wildman–Crippen LogP) is 1.90. The monoisotopic (exact) mass is 259 g/mol. The van der Waals surface area contributed by atoms with Crippen molar-refractivity contribution in [3.8, 4) is 0 Å². The lowest BCUT2D eigenvalue weighted by molar-refractivity contribution is 0.102. The number of hydrogen-bond donors (Lipinski definition) is 3. The van der Waals surface area contributed by atoms with E-state index >= 15 is 0 Å². The summed E-state index contributed by atoms with van der Waals surface area (Å²) in [6.45, 7) is 3.92. The van der Waals surface area contributed by atoms with Gasteiger partial charge in [-0.15, -0.1) is 0 Å². The maximum atomic E-state index is 12.0. The van der Waals surface area contributed by atoms with Crippen LogP contribution in [0.2, 0.25) is 0 Å². The van der Waals surface area contributed by atoms with E-state index < -0.39 is 0 Å². The third-order valence-electron chi connectivity index (χ3n) is 2.77. The summed E-state index contributed by atoms with van der Waals surface area (Å²) in [5, 5.41) is 9.48. The Morgan fingerprint density at radius 3 is 2.89 bits per heavy atom. The topological polar surface area (TPSA) is 96.7 Å². The van der Waals surface area contributed by atoms with Gasteiger partial charge in [0.25, 0.3) is 5.91 Å². The van der Waals surface area contributed by atoms with Gasteiger partial charge < -0.3 is 11.1 Å². The largest absolute Gasteiger partial charge is 0.395 e. The first-order valence-corrected chi connectivity index (χ1v) is 6.18. The number of nitrogens with one attached hydrogen (secondary N) is 2. The molecule has 100 valence electrons. The van der Waals surface area contributed by atoms with Crippen molar-refractivity contribution in [2.45, 2.75) is 26.7 Å². The van der Waals surface area contributed by atoms with Crippen LogP contribution in [0.15, 0.2) is 18.3 Å². The van der Waals surface area contributed by atoms with Crippen LogP contribution in [0, 0.1) is 6.92 Å². The van der Waals surface area contributed by atoms with E-state index in [1.165, 1.54) is 0 Å². The zero-order valence-electron chi connectivity index (χ0n) is 11.0. The summed E-state index contributed by atoms with van der Waals surface area (Å²) in [4.78, 5) is 16.1. The molecule has 4 N–H and O–H groups in total. The zero-order chi connectivity index (χ0) is 13.8. The summed E-state index contributed by atoms with van der Waals surface area (Å²) >= 11 is 0. The molecule has 0 fully saturated rings. The standard InChI is InChI=1S/C13H17N5O/c1-3-4-10-11(14)12(18-17-10)13(19)16-9-6-5-8(2)15-7-9/h5-7H,3-4,14H2,1-2H3,(H,16,19)(H,17,18). The Balaban J connectivity index is 2.13. The molecule has 0 radical (unpaired) electrons. The van der Waals surface area contributed by atoms with E-state index in [2.05, 4.69) is 20.5 Å². The van der Waals surface area contributed by atoms with Crippen molar-refractivity contribution in [3.63, 3.8) is 0 Å². The van der Waals surface area contributed by atoms with Gasteiger partial charge in [-0.05, 0) is 25.5 Å². The van der Waals surface area contributed by atoms with Crippen molar-refractivity contribution in [1.82, 2.24) is 15.2 Å². The molecule has 0 atom stereocenters. The number of hydrogen-bond acceptors (Lipinski definition) is 4. The molecule has 0 aromatic carbocycles. The van der Waals surface area contributed by atoms with E-state index in [1.807, 2.05) is 19.9 Å². The molecule has 0 aliphatic rings. The maximum Gasteiger partial charge on any atom is 0.278 e. The van der Waals surface area contributed by atoms with Gasteiger partial charge >= 0.3 is 0 Å². The van der Waals surface area contributed by atoms with E-state index in [9.17, 15) is 4.79 Å². The molecule has 2 rings (SSSR count). The molecule has 0 aliphatic heterocycles. The minimum atomic E-state index is -0.332. The molecule has 0 aliphatic carbocycles. The van der Waals surface area contributed by atoms with Crippen LogP contribution >= 0.6 is 0 Å². The van der Waals surface area contributed by atoms with Crippen LogP contribution in [-0.2, 0) is 6.42 Å². The highest BCUT2D eigenvalue weighted by atomic mass is 16.2.